The molecule has 0 fully saturated rings. The summed E-state index contributed by atoms with van der Waals surface area (Å²) in [4.78, 5) is 0. The van der Waals surface area contributed by atoms with E-state index in [9.17, 15) is 0 Å². The van der Waals surface area contributed by atoms with Gasteiger partial charge in [-0.25, -0.2) is 0 Å². The van der Waals surface area contributed by atoms with Crippen LogP contribution in [0.4, 0.5) is 0 Å². The minimum atomic E-state index is 0.306. The van der Waals surface area contributed by atoms with Gasteiger partial charge >= 0.3 is 0 Å². The van der Waals surface area contributed by atoms with Crippen molar-refractivity contribution in [3.05, 3.63) is 29.3 Å². The SMILES string of the molecule is COc1ccc(CNCCOC(C)C)cc1C. The summed E-state index contributed by atoms with van der Waals surface area (Å²) in [6, 6.07) is 6.24. The summed E-state index contributed by atoms with van der Waals surface area (Å²) in [5.74, 6) is 0.942. The van der Waals surface area contributed by atoms with E-state index in [1.807, 2.05) is 19.9 Å². The maximum atomic E-state index is 5.46. The molecular formula is C14H23NO2. The lowest BCUT2D eigenvalue weighted by molar-refractivity contribution is 0.0807. The molecule has 0 saturated carbocycles. The van der Waals surface area contributed by atoms with Gasteiger partial charge in [0.25, 0.3) is 0 Å². The second-order valence-electron chi connectivity index (χ2n) is 4.40. The largest absolute Gasteiger partial charge is 0.496 e. The number of benzene rings is 1. The monoisotopic (exact) mass is 237 g/mol. The maximum absolute atomic E-state index is 5.46. The second kappa shape index (κ2) is 7.30. The van der Waals surface area contributed by atoms with E-state index in [1.165, 1.54) is 11.1 Å². The van der Waals surface area contributed by atoms with Crippen LogP contribution >= 0.6 is 0 Å². The van der Waals surface area contributed by atoms with Crippen molar-refractivity contribution in [3.63, 3.8) is 0 Å². The van der Waals surface area contributed by atoms with E-state index in [0.29, 0.717) is 6.10 Å². The van der Waals surface area contributed by atoms with Crippen LogP contribution in [0.5, 0.6) is 5.75 Å². The Morgan fingerprint density at radius 2 is 2.06 bits per heavy atom. The third kappa shape index (κ3) is 5.20. The first-order valence-electron chi connectivity index (χ1n) is 6.09. The molecule has 0 saturated heterocycles. The van der Waals surface area contributed by atoms with Crippen molar-refractivity contribution >= 4 is 0 Å². The molecule has 0 spiro atoms. The number of hydrogen-bond donors (Lipinski definition) is 1. The van der Waals surface area contributed by atoms with Gasteiger partial charge in [0.05, 0.1) is 19.8 Å². The van der Waals surface area contributed by atoms with E-state index < -0.39 is 0 Å². The molecule has 3 heteroatoms. The number of hydrogen-bond acceptors (Lipinski definition) is 3. The number of aryl methyl sites for hydroxylation is 1. The van der Waals surface area contributed by atoms with E-state index in [-0.39, 0.29) is 0 Å². The van der Waals surface area contributed by atoms with Crippen LogP contribution in [0.1, 0.15) is 25.0 Å². The fraction of sp³-hybridized carbons (Fsp3) is 0.571. The van der Waals surface area contributed by atoms with Gasteiger partial charge in [0, 0.05) is 13.1 Å². The van der Waals surface area contributed by atoms with Crippen molar-refractivity contribution in [1.29, 1.82) is 0 Å². The molecule has 0 radical (unpaired) electrons. The second-order valence-corrected chi connectivity index (χ2v) is 4.40. The Hall–Kier alpha value is -1.06. The Morgan fingerprint density at radius 1 is 1.29 bits per heavy atom. The summed E-state index contributed by atoms with van der Waals surface area (Å²) in [6.07, 6.45) is 0.306. The lowest BCUT2D eigenvalue weighted by Crippen LogP contribution is -2.20. The van der Waals surface area contributed by atoms with Gasteiger partial charge in [0.1, 0.15) is 5.75 Å². The van der Waals surface area contributed by atoms with Gasteiger partial charge in [-0.1, -0.05) is 12.1 Å². The molecule has 0 aliphatic rings. The van der Waals surface area contributed by atoms with Gasteiger partial charge in [-0.2, -0.15) is 0 Å². The zero-order valence-corrected chi connectivity index (χ0v) is 11.2. The minimum Gasteiger partial charge on any atom is -0.496 e. The van der Waals surface area contributed by atoms with E-state index in [1.54, 1.807) is 7.11 Å². The first-order valence-corrected chi connectivity index (χ1v) is 6.09. The predicted octanol–water partition coefficient (Wildman–Crippen LogP) is 2.52. The maximum Gasteiger partial charge on any atom is 0.121 e. The average Bonchev–Trinajstić information content (AvgIpc) is 2.28. The van der Waals surface area contributed by atoms with Gasteiger partial charge in [-0.15, -0.1) is 0 Å². The number of rotatable bonds is 7. The van der Waals surface area contributed by atoms with Crippen LogP contribution in [0.2, 0.25) is 0 Å². The Labute approximate surface area is 104 Å². The first kappa shape index (κ1) is 14.0. The molecule has 1 aromatic rings. The van der Waals surface area contributed by atoms with Crippen LogP contribution in [-0.4, -0.2) is 26.4 Å². The molecule has 0 heterocycles. The molecular weight excluding hydrogens is 214 g/mol. The Balaban J connectivity index is 2.30. The minimum absolute atomic E-state index is 0.306. The first-order chi connectivity index (χ1) is 8.13. The van der Waals surface area contributed by atoms with Crippen molar-refractivity contribution in [2.24, 2.45) is 0 Å². The molecule has 0 aromatic heterocycles. The van der Waals surface area contributed by atoms with Crippen molar-refractivity contribution in [2.45, 2.75) is 33.4 Å². The van der Waals surface area contributed by atoms with Gasteiger partial charge < -0.3 is 14.8 Å². The van der Waals surface area contributed by atoms with E-state index >= 15 is 0 Å². The highest BCUT2D eigenvalue weighted by Gasteiger charge is 1.99. The highest BCUT2D eigenvalue weighted by molar-refractivity contribution is 5.36. The van der Waals surface area contributed by atoms with Gasteiger partial charge in [-0.3, -0.25) is 0 Å². The summed E-state index contributed by atoms with van der Waals surface area (Å²) in [5.41, 5.74) is 2.44. The van der Waals surface area contributed by atoms with E-state index in [4.69, 9.17) is 9.47 Å². The molecule has 0 aliphatic heterocycles. The lowest BCUT2D eigenvalue weighted by Gasteiger charge is -2.10. The molecule has 0 atom stereocenters. The fourth-order valence-corrected chi connectivity index (χ4v) is 1.65. The Kier molecular flexibility index (Phi) is 6.01. The topological polar surface area (TPSA) is 30.5 Å². The molecule has 1 rings (SSSR count). The molecule has 1 aromatic carbocycles. The molecule has 1 N–H and O–H groups in total. The van der Waals surface area contributed by atoms with Crippen LogP contribution in [0, 0.1) is 6.92 Å². The van der Waals surface area contributed by atoms with Gasteiger partial charge in [0.15, 0.2) is 0 Å². The molecule has 0 unspecified atom stereocenters. The highest BCUT2D eigenvalue weighted by atomic mass is 16.5. The quantitative estimate of drug-likeness (QED) is 0.739. The number of nitrogens with one attached hydrogen (secondary N) is 1. The Morgan fingerprint density at radius 3 is 2.65 bits per heavy atom. The number of ether oxygens (including phenoxy) is 2. The zero-order chi connectivity index (χ0) is 12.7. The summed E-state index contributed by atoms with van der Waals surface area (Å²) in [5, 5.41) is 3.36. The van der Waals surface area contributed by atoms with E-state index in [2.05, 4.69) is 24.4 Å². The van der Waals surface area contributed by atoms with Crippen LogP contribution in [0.15, 0.2) is 18.2 Å². The third-order valence-electron chi connectivity index (χ3n) is 2.52. The van der Waals surface area contributed by atoms with Crippen LogP contribution in [0.25, 0.3) is 0 Å². The lowest BCUT2D eigenvalue weighted by atomic mass is 10.1. The summed E-state index contributed by atoms with van der Waals surface area (Å²) in [7, 11) is 1.70. The third-order valence-corrected chi connectivity index (χ3v) is 2.52. The fourth-order valence-electron chi connectivity index (χ4n) is 1.65. The molecule has 17 heavy (non-hydrogen) atoms. The summed E-state index contributed by atoms with van der Waals surface area (Å²) in [6.45, 7) is 8.66. The van der Waals surface area contributed by atoms with Crippen molar-refractivity contribution < 1.29 is 9.47 Å². The van der Waals surface area contributed by atoms with Crippen LogP contribution < -0.4 is 10.1 Å². The predicted molar refractivity (Wildman–Crippen MR) is 70.5 cm³/mol. The molecule has 0 aliphatic carbocycles. The highest BCUT2D eigenvalue weighted by Crippen LogP contribution is 2.18. The summed E-state index contributed by atoms with van der Waals surface area (Å²) < 4.78 is 10.7. The van der Waals surface area contributed by atoms with Crippen molar-refractivity contribution in [2.75, 3.05) is 20.3 Å². The van der Waals surface area contributed by atoms with E-state index in [0.717, 1.165) is 25.4 Å². The standard InChI is InChI=1S/C14H23NO2/c1-11(2)17-8-7-15-10-13-5-6-14(16-4)12(3)9-13/h5-6,9,11,15H,7-8,10H2,1-4H3. The van der Waals surface area contributed by atoms with Crippen LogP contribution in [0.3, 0.4) is 0 Å². The average molecular weight is 237 g/mol. The molecule has 0 amide bonds. The van der Waals surface area contributed by atoms with Crippen LogP contribution in [-0.2, 0) is 11.3 Å². The summed E-state index contributed by atoms with van der Waals surface area (Å²) >= 11 is 0. The zero-order valence-electron chi connectivity index (χ0n) is 11.2. The molecule has 0 bridgehead atoms. The molecule has 3 nitrogen and oxygen atoms in total. The van der Waals surface area contributed by atoms with Gasteiger partial charge in [-0.05, 0) is 38.0 Å². The van der Waals surface area contributed by atoms with Crippen molar-refractivity contribution in [1.82, 2.24) is 5.32 Å². The normalized spacial score (nSPS) is 10.9. The number of methoxy groups -OCH3 is 1. The van der Waals surface area contributed by atoms with Gasteiger partial charge in [0.2, 0.25) is 0 Å². The molecule has 96 valence electrons. The Bertz CT molecular complexity index is 337. The van der Waals surface area contributed by atoms with Crippen molar-refractivity contribution in [3.8, 4) is 5.75 Å². The smallest absolute Gasteiger partial charge is 0.121 e.